The van der Waals surface area contributed by atoms with Crippen molar-refractivity contribution < 1.29 is 13.6 Å². The summed E-state index contributed by atoms with van der Waals surface area (Å²) in [5.74, 6) is 1.50. The Morgan fingerprint density at radius 1 is 0.931 bits per heavy atom. The van der Waals surface area contributed by atoms with Crippen LogP contribution < -0.4 is 5.32 Å². The molecular formula is C23H21N3O3. The average Bonchev–Trinajstić information content (AvgIpc) is 3.33. The van der Waals surface area contributed by atoms with Gasteiger partial charge < -0.3 is 8.83 Å². The molecular weight excluding hydrogens is 366 g/mol. The number of rotatable bonds is 6. The van der Waals surface area contributed by atoms with E-state index in [9.17, 15) is 4.79 Å². The first-order chi connectivity index (χ1) is 14.1. The van der Waals surface area contributed by atoms with Gasteiger partial charge in [-0.15, -0.1) is 5.10 Å². The fourth-order valence-corrected chi connectivity index (χ4v) is 3.38. The van der Waals surface area contributed by atoms with Crippen molar-refractivity contribution in [1.82, 2.24) is 10.2 Å². The number of hydrogen-bond acceptors (Lipinski definition) is 5. The van der Waals surface area contributed by atoms with Crippen molar-refractivity contribution in [1.29, 1.82) is 0 Å². The van der Waals surface area contributed by atoms with Crippen LogP contribution >= 0.6 is 0 Å². The molecule has 6 nitrogen and oxygen atoms in total. The van der Waals surface area contributed by atoms with Gasteiger partial charge in [0.05, 0.1) is 5.56 Å². The molecule has 1 N–H and O–H groups in total. The largest absolute Gasteiger partial charge is 0.466 e. The molecule has 0 saturated carbocycles. The van der Waals surface area contributed by atoms with Crippen LogP contribution in [0.3, 0.4) is 0 Å². The van der Waals surface area contributed by atoms with E-state index in [0.29, 0.717) is 11.7 Å². The molecule has 0 aliphatic carbocycles. The van der Waals surface area contributed by atoms with Crippen molar-refractivity contribution in [2.24, 2.45) is 0 Å². The summed E-state index contributed by atoms with van der Waals surface area (Å²) in [7, 11) is 0. The first-order valence-electron chi connectivity index (χ1n) is 9.41. The van der Waals surface area contributed by atoms with Crippen LogP contribution in [0.15, 0.2) is 75.6 Å². The molecule has 4 rings (SSSR count). The van der Waals surface area contributed by atoms with E-state index in [1.54, 1.807) is 0 Å². The molecule has 2 heterocycles. The summed E-state index contributed by atoms with van der Waals surface area (Å²) in [4.78, 5) is 12.7. The first-order valence-corrected chi connectivity index (χ1v) is 9.41. The Morgan fingerprint density at radius 2 is 1.55 bits per heavy atom. The monoisotopic (exact) mass is 387 g/mol. The second-order valence-electron chi connectivity index (χ2n) is 6.87. The van der Waals surface area contributed by atoms with Crippen molar-refractivity contribution in [3.8, 4) is 11.5 Å². The minimum absolute atomic E-state index is 0.0708. The third-order valence-electron chi connectivity index (χ3n) is 4.74. The molecule has 146 valence electrons. The molecule has 0 unspecified atom stereocenters. The molecule has 0 saturated heterocycles. The maximum Gasteiger partial charge on any atom is 0.322 e. The summed E-state index contributed by atoms with van der Waals surface area (Å²) in [6, 6.07) is 21.8. The number of anilines is 1. The maximum absolute atomic E-state index is 12.7. The van der Waals surface area contributed by atoms with Gasteiger partial charge in [-0.1, -0.05) is 65.8 Å². The van der Waals surface area contributed by atoms with Gasteiger partial charge >= 0.3 is 6.01 Å². The van der Waals surface area contributed by atoms with Gasteiger partial charge in [0.2, 0.25) is 5.91 Å². The molecule has 0 spiro atoms. The fourth-order valence-electron chi connectivity index (χ4n) is 3.38. The number of amides is 1. The molecule has 0 aliphatic heterocycles. The standard InChI is InChI=1S/C23H21N3O3/c1-15-13-19(16(2)28-15)22-25-26-23(29-22)24-21(27)14-20(17-9-5-3-6-10-17)18-11-7-4-8-12-18/h3-13,20H,14H2,1-2H3,(H,24,26,27). The lowest BCUT2D eigenvalue weighted by atomic mass is 9.88. The first kappa shape index (κ1) is 18.7. The zero-order chi connectivity index (χ0) is 20.2. The molecule has 29 heavy (non-hydrogen) atoms. The van der Waals surface area contributed by atoms with Crippen LogP contribution in [0.2, 0.25) is 0 Å². The predicted octanol–water partition coefficient (Wildman–Crippen LogP) is 5.11. The molecule has 6 heteroatoms. The van der Waals surface area contributed by atoms with Crippen LogP contribution in [0.25, 0.3) is 11.5 Å². The smallest absolute Gasteiger partial charge is 0.322 e. The van der Waals surface area contributed by atoms with Gasteiger partial charge in [0.1, 0.15) is 11.5 Å². The molecule has 0 aliphatic rings. The summed E-state index contributed by atoms with van der Waals surface area (Å²) < 4.78 is 11.1. The van der Waals surface area contributed by atoms with Crippen molar-refractivity contribution in [2.75, 3.05) is 5.32 Å². The van der Waals surface area contributed by atoms with Crippen LogP contribution in [0, 0.1) is 13.8 Å². The number of nitrogens with one attached hydrogen (secondary N) is 1. The third kappa shape index (κ3) is 4.27. The van der Waals surface area contributed by atoms with Crippen LogP contribution in [0.1, 0.15) is 35.0 Å². The van der Waals surface area contributed by atoms with Crippen molar-refractivity contribution in [2.45, 2.75) is 26.2 Å². The Balaban J connectivity index is 1.51. The van der Waals surface area contributed by atoms with Crippen LogP contribution in [-0.4, -0.2) is 16.1 Å². The molecule has 0 radical (unpaired) electrons. The van der Waals surface area contributed by atoms with Gasteiger partial charge in [0.25, 0.3) is 5.89 Å². The summed E-state index contributed by atoms with van der Waals surface area (Å²) >= 11 is 0. The highest BCUT2D eigenvalue weighted by Crippen LogP contribution is 2.29. The Hall–Kier alpha value is -3.67. The number of aryl methyl sites for hydroxylation is 2. The number of furan rings is 1. The molecule has 4 aromatic rings. The highest BCUT2D eigenvalue weighted by molar-refractivity contribution is 5.89. The minimum atomic E-state index is -0.196. The van der Waals surface area contributed by atoms with E-state index in [1.165, 1.54) is 0 Å². The summed E-state index contributed by atoms with van der Waals surface area (Å²) in [6.07, 6.45) is 0.260. The van der Waals surface area contributed by atoms with E-state index in [0.717, 1.165) is 22.5 Å². The van der Waals surface area contributed by atoms with Crippen LogP contribution in [0.4, 0.5) is 6.01 Å². The second kappa shape index (κ2) is 8.14. The Morgan fingerprint density at radius 3 is 2.10 bits per heavy atom. The lowest BCUT2D eigenvalue weighted by molar-refractivity contribution is -0.116. The van der Waals surface area contributed by atoms with E-state index in [1.807, 2.05) is 80.6 Å². The number of hydrogen-bond donors (Lipinski definition) is 1. The van der Waals surface area contributed by atoms with Gasteiger partial charge in [-0.25, -0.2) is 0 Å². The normalized spacial score (nSPS) is 11.0. The summed E-state index contributed by atoms with van der Waals surface area (Å²) in [5.41, 5.74) is 2.87. The summed E-state index contributed by atoms with van der Waals surface area (Å²) in [5, 5.41) is 10.7. The number of benzene rings is 2. The Labute approximate surface area is 168 Å². The molecule has 0 fully saturated rings. The molecule has 0 bridgehead atoms. The van der Waals surface area contributed by atoms with Crippen LogP contribution in [-0.2, 0) is 4.79 Å². The van der Waals surface area contributed by atoms with Crippen molar-refractivity contribution in [3.05, 3.63) is 89.4 Å². The molecule has 1 amide bonds. The molecule has 0 atom stereocenters. The Bertz CT molecular complexity index is 1060. The summed E-state index contributed by atoms with van der Waals surface area (Å²) in [6.45, 7) is 3.68. The van der Waals surface area contributed by atoms with Crippen molar-refractivity contribution >= 4 is 11.9 Å². The predicted molar refractivity (Wildman–Crippen MR) is 109 cm³/mol. The topological polar surface area (TPSA) is 81.2 Å². The number of nitrogens with zero attached hydrogens (tertiary/aromatic N) is 2. The van der Waals surface area contributed by atoms with Gasteiger partial charge in [-0.3, -0.25) is 10.1 Å². The second-order valence-corrected chi connectivity index (χ2v) is 6.87. The van der Waals surface area contributed by atoms with E-state index in [4.69, 9.17) is 8.83 Å². The van der Waals surface area contributed by atoms with Crippen LogP contribution in [0.5, 0.6) is 0 Å². The van der Waals surface area contributed by atoms with Gasteiger partial charge in [-0.05, 0) is 31.0 Å². The zero-order valence-corrected chi connectivity index (χ0v) is 16.3. The minimum Gasteiger partial charge on any atom is -0.466 e. The zero-order valence-electron chi connectivity index (χ0n) is 16.3. The van der Waals surface area contributed by atoms with Gasteiger partial charge in [0.15, 0.2) is 0 Å². The highest BCUT2D eigenvalue weighted by Gasteiger charge is 2.20. The molecule has 2 aromatic heterocycles. The lowest BCUT2D eigenvalue weighted by Gasteiger charge is -2.17. The molecule has 2 aromatic carbocycles. The highest BCUT2D eigenvalue weighted by atomic mass is 16.4. The van der Waals surface area contributed by atoms with Crippen molar-refractivity contribution in [3.63, 3.8) is 0 Å². The Kier molecular flexibility index (Phi) is 5.24. The third-order valence-corrected chi connectivity index (χ3v) is 4.74. The maximum atomic E-state index is 12.7. The lowest BCUT2D eigenvalue weighted by Crippen LogP contribution is -2.16. The number of carbonyl (C=O) groups excluding carboxylic acids is 1. The number of carbonyl (C=O) groups is 1. The average molecular weight is 387 g/mol. The number of aromatic nitrogens is 2. The van der Waals surface area contributed by atoms with E-state index in [2.05, 4.69) is 15.5 Å². The van der Waals surface area contributed by atoms with Gasteiger partial charge in [-0.2, -0.15) is 0 Å². The van der Waals surface area contributed by atoms with E-state index >= 15 is 0 Å². The van der Waals surface area contributed by atoms with E-state index in [-0.39, 0.29) is 24.3 Å². The quantitative estimate of drug-likeness (QED) is 0.497. The van der Waals surface area contributed by atoms with Gasteiger partial charge in [0, 0.05) is 12.3 Å². The van der Waals surface area contributed by atoms with E-state index < -0.39 is 0 Å². The SMILES string of the molecule is Cc1cc(-c2nnc(NC(=O)CC(c3ccccc3)c3ccccc3)o2)c(C)o1. The fraction of sp³-hybridized carbons (Fsp3) is 0.174.